The third-order valence-corrected chi connectivity index (χ3v) is 3.96. The lowest BCUT2D eigenvalue weighted by Crippen LogP contribution is -2.32. The molecule has 2 rings (SSSR count). The molecule has 0 saturated carbocycles. The van der Waals surface area contributed by atoms with Crippen molar-refractivity contribution in [2.75, 3.05) is 6.54 Å². The number of amides is 1. The Morgan fingerprint density at radius 3 is 2.59 bits per heavy atom. The lowest BCUT2D eigenvalue weighted by Gasteiger charge is -2.28. The fourth-order valence-corrected chi connectivity index (χ4v) is 2.60. The Morgan fingerprint density at radius 2 is 1.88 bits per heavy atom. The maximum absolute atomic E-state index is 12.0. The second kappa shape index (κ2) is 5.67. The van der Waals surface area contributed by atoms with Crippen LogP contribution in [0.1, 0.15) is 44.2 Å². The zero-order valence-electron chi connectivity index (χ0n) is 10.2. The Kier molecular flexibility index (Phi) is 4.21. The van der Waals surface area contributed by atoms with Crippen molar-refractivity contribution < 1.29 is 4.79 Å². The summed E-state index contributed by atoms with van der Waals surface area (Å²) in [4.78, 5) is 14.0. The molecule has 0 N–H and O–H groups in total. The average Bonchev–Trinajstić information content (AvgIpc) is 2.54. The van der Waals surface area contributed by atoms with E-state index in [1.807, 2.05) is 17.0 Å². The van der Waals surface area contributed by atoms with E-state index in [1.54, 1.807) is 0 Å². The molecule has 0 radical (unpaired) electrons. The van der Waals surface area contributed by atoms with E-state index < -0.39 is 0 Å². The summed E-state index contributed by atoms with van der Waals surface area (Å²) in [7, 11) is 0. The Morgan fingerprint density at radius 1 is 1.18 bits per heavy atom. The molecule has 1 heterocycles. The zero-order valence-corrected chi connectivity index (χ0v) is 11.7. The second-order valence-electron chi connectivity index (χ2n) is 4.63. The van der Waals surface area contributed by atoms with Gasteiger partial charge in [-0.3, -0.25) is 4.79 Å². The van der Waals surface area contributed by atoms with Gasteiger partial charge in [0.1, 0.15) is 0 Å². The fourth-order valence-electron chi connectivity index (χ4n) is 2.33. The van der Waals surface area contributed by atoms with Crippen LogP contribution in [0.4, 0.5) is 0 Å². The summed E-state index contributed by atoms with van der Waals surface area (Å²) in [6.45, 7) is 3.02. The first kappa shape index (κ1) is 12.6. The van der Waals surface area contributed by atoms with Crippen molar-refractivity contribution >= 4 is 21.8 Å². The first-order valence-electron chi connectivity index (χ1n) is 6.23. The summed E-state index contributed by atoms with van der Waals surface area (Å²) in [6.07, 6.45) is 4.06. The maximum atomic E-state index is 12.0. The Bertz CT molecular complexity index is 388. The molecule has 0 bridgehead atoms. The van der Waals surface area contributed by atoms with E-state index >= 15 is 0 Å². The van der Waals surface area contributed by atoms with Crippen LogP contribution in [0, 0.1) is 0 Å². The SMILES string of the molecule is CC(c1ccc(Br)cc1)N1CCCCCC1=O. The standard InChI is InChI=1S/C14H18BrNO/c1-11(12-6-8-13(15)9-7-12)16-10-4-2-3-5-14(16)17/h6-9,11H,2-5,10H2,1H3. The van der Waals surface area contributed by atoms with Crippen molar-refractivity contribution in [2.45, 2.75) is 38.6 Å². The summed E-state index contributed by atoms with van der Waals surface area (Å²) in [5.41, 5.74) is 1.21. The van der Waals surface area contributed by atoms with Crippen molar-refractivity contribution in [3.63, 3.8) is 0 Å². The van der Waals surface area contributed by atoms with Gasteiger partial charge in [-0.2, -0.15) is 0 Å². The summed E-state index contributed by atoms with van der Waals surface area (Å²) in [5, 5.41) is 0. The van der Waals surface area contributed by atoms with Crippen LogP contribution in [0.3, 0.4) is 0 Å². The number of hydrogen-bond acceptors (Lipinski definition) is 1. The third-order valence-electron chi connectivity index (χ3n) is 3.43. The van der Waals surface area contributed by atoms with E-state index in [1.165, 1.54) is 12.0 Å². The highest BCUT2D eigenvalue weighted by Crippen LogP contribution is 2.25. The number of carbonyl (C=O) groups excluding carboxylic acids is 1. The van der Waals surface area contributed by atoms with Gasteiger partial charge in [-0.05, 0) is 37.5 Å². The van der Waals surface area contributed by atoms with E-state index in [0.717, 1.165) is 23.9 Å². The van der Waals surface area contributed by atoms with Gasteiger partial charge in [0.2, 0.25) is 5.91 Å². The quantitative estimate of drug-likeness (QED) is 0.810. The molecule has 0 spiro atoms. The molecule has 1 fully saturated rings. The first-order chi connectivity index (χ1) is 8.18. The predicted octanol–water partition coefficient (Wildman–Crippen LogP) is 3.91. The van der Waals surface area contributed by atoms with Gasteiger partial charge >= 0.3 is 0 Å². The molecule has 92 valence electrons. The first-order valence-corrected chi connectivity index (χ1v) is 7.03. The van der Waals surface area contributed by atoms with E-state index in [9.17, 15) is 4.79 Å². The minimum atomic E-state index is 0.189. The molecule has 1 atom stereocenters. The molecule has 0 aromatic heterocycles. The van der Waals surface area contributed by atoms with E-state index in [0.29, 0.717) is 12.3 Å². The van der Waals surface area contributed by atoms with Crippen molar-refractivity contribution in [2.24, 2.45) is 0 Å². The van der Waals surface area contributed by atoms with Gasteiger partial charge in [0.15, 0.2) is 0 Å². The van der Waals surface area contributed by atoms with Gasteiger partial charge < -0.3 is 4.90 Å². The molecule has 1 saturated heterocycles. The topological polar surface area (TPSA) is 20.3 Å². The summed E-state index contributed by atoms with van der Waals surface area (Å²) in [6, 6.07) is 8.44. The normalized spacial score (nSPS) is 18.9. The highest BCUT2D eigenvalue weighted by molar-refractivity contribution is 9.10. The van der Waals surface area contributed by atoms with Crippen molar-refractivity contribution in [3.05, 3.63) is 34.3 Å². The van der Waals surface area contributed by atoms with Crippen LogP contribution < -0.4 is 0 Å². The molecule has 2 nitrogen and oxygen atoms in total. The predicted molar refractivity (Wildman–Crippen MR) is 72.7 cm³/mol. The summed E-state index contributed by atoms with van der Waals surface area (Å²) >= 11 is 3.43. The number of hydrogen-bond donors (Lipinski definition) is 0. The molecule has 1 unspecified atom stereocenters. The molecule has 1 aromatic rings. The molecular formula is C14H18BrNO. The van der Waals surface area contributed by atoms with Gasteiger partial charge in [0.25, 0.3) is 0 Å². The smallest absolute Gasteiger partial charge is 0.223 e. The van der Waals surface area contributed by atoms with Crippen LogP contribution in [-0.4, -0.2) is 17.4 Å². The number of nitrogens with zero attached hydrogens (tertiary/aromatic N) is 1. The minimum absolute atomic E-state index is 0.189. The number of likely N-dealkylation sites (tertiary alicyclic amines) is 1. The van der Waals surface area contributed by atoms with Gasteiger partial charge in [-0.1, -0.05) is 34.5 Å². The lowest BCUT2D eigenvalue weighted by molar-refractivity contribution is -0.132. The highest BCUT2D eigenvalue weighted by atomic mass is 79.9. The number of benzene rings is 1. The van der Waals surface area contributed by atoms with Gasteiger partial charge in [0.05, 0.1) is 6.04 Å². The maximum Gasteiger partial charge on any atom is 0.223 e. The summed E-state index contributed by atoms with van der Waals surface area (Å²) < 4.78 is 1.08. The Balaban J connectivity index is 2.14. The zero-order chi connectivity index (χ0) is 12.3. The van der Waals surface area contributed by atoms with E-state index in [4.69, 9.17) is 0 Å². The van der Waals surface area contributed by atoms with Gasteiger partial charge in [-0.15, -0.1) is 0 Å². The monoisotopic (exact) mass is 295 g/mol. The Labute approximate surface area is 111 Å². The second-order valence-corrected chi connectivity index (χ2v) is 5.54. The van der Waals surface area contributed by atoms with Crippen LogP contribution >= 0.6 is 15.9 Å². The van der Waals surface area contributed by atoms with E-state index in [-0.39, 0.29) is 6.04 Å². The van der Waals surface area contributed by atoms with Gasteiger partial charge in [0, 0.05) is 17.4 Å². The molecule has 0 aliphatic carbocycles. The van der Waals surface area contributed by atoms with Crippen LogP contribution in [-0.2, 0) is 4.79 Å². The van der Waals surface area contributed by atoms with Crippen LogP contribution in [0.2, 0.25) is 0 Å². The molecule has 1 aromatic carbocycles. The highest BCUT2D eigenvalue weighted by Gasteiger charge is 2.22. The minimum Gasteiger partial charge on any atom is -0.336 e. The molecule has 1 aliphatic heterocycles. The number of halogens is 1. The molecule has 1 aliphatic rings. The van der Waals surface area contributed by atoms with Crippen LogP contribution in [0.5, 0.6) is 0 Å². The van der Waals surface area contributed by atoms with Crippen molar-refractivity contribution in [1.29, 1.82) is 0 Å². The van der Waals surface area contributed by atoms with Crippen molar-refractivity contribution in [3.8, 4) is 0 Å². The molecule has 3 heteroatoms. The average molecular weight is 296 g/mol. The molecular weight excluding hydrogens is 278 g/mol. The van der Waals surface area contributed by atoms with E-state index in [2.05, 4.69) is 35.0 Å². The third kappa shape index (κ3) is 3.09. The molecule has 17 heavy (non-hydrogen) atoms. The number of rotatable bonds is 2. The number of carbonyl (C=O) groups is 1. The molecule has 1 amide bonds. The Hall–Kier alpha value is -0.830. The summed E-state index contributed by atoms with van der Waals surface area (Å²) in [5.74, 6) is 0.304. The van der Waals surface area contributed by atoms with Crippen LogP contribution in [0.15, 0.2) is 28.7 Å². The van der Waals surface area contributed by atoms with Crippen molar-refractivity contribution in [1.82, 2.24) is 4.90 Å². The fraction of sp³-hybridized carbons (Fsp3) is 0.500. The van der Waals surface area contributed by atoms with Gasteiger partial charge in [-0.25, -0.2) is 0 Å². The van der Waals surface area contributed by atoms with Crippen LogP contribution in [0.25, 0.3) is 0 Å². The largest absolute Gasteiger partial charge is 0.336 e. The lowest BCUT2D eigenvalue weighted by atomic mass is 10.1.